The predicted octanol–water partition coefficient (Wildman–Crippen LogP) is 3.66. The molecule has 5 nitrogen and oxygen atoms in total. The summed E-state index contributed by atoms with van der Waals surface area (Å²) in [5, 5.41) is 4.14. The third-order valence-corrected chi connectivity index (χ3v) is 6.12. The van der Waals surface area contributed by atoms with Crippen LogP contribution < -0.4 is 10.2 Å². The molecular formula is C21H24N4OS. The summed E-state index contributed by atoms with van der Waals surface area (Å²) < 4.78 is 0. The normalized spacial score (nSPS) is 15.2. The van der Waals surface area contributed by atoms with Gasteiger partial charge < -0.3 is 10.2 Å². The van der Waals surface area contributed by atoms with Gasteiger partial charge in [-0.25, -0.2) is 9.97 Å². The molecular weight excluding hydrogens is 356 g/mol. The Morgan fingerprint density at radius 2 is 1.96 bits per heavy atom. The van der Waals surface area contributed by atoms with Crippen molar-refractivity contribution in [2.45, 2.75) is 25.7 Å². The van der Waals surface area contributed by atoms with E-state index in [1.165, 1.54) is 5.56 Å². The van der Waals surface area contributed by atoms with E-state index in [1.807, 2.05) is 18.2 Å². The number of hydrogen-bond acceptors (Lipinski definition) is 5. The van der Waals surface area contributed by atoms with Gasteiger partial charge in [-0.15, -0.1) is 0 Å². The van der Waals surface area contributed by atoms with Gasteiger partial charge in [0.1, 0.15) is 10.3 Å². The van der Waals surface area contributed by atoms with Crippen LogP contribution in [-0.2, 0) is 11.2 Å². The van der Waals surface area contributed by atoms with Gasteiger partial charge in [-0.1, -0.05) is 41.7 Å². The maximum Gasteiger partial charge on any atom is 0.223 e. The van der Waals surface area contributed by atoms with Gasteiger partial charge in [0.2, 0.25) is 5.91 Å². The molecule has 1 N–H and O–H groups in total. The van der Waals surface area contributed by atoms with Gasteiger partial charge in [-0.05, 0) is 43.4 Å². The number of aromatic nitrogens is 2. The predicted molar refractivity (Wildman–Crippen MR) is 110 cm³/mol. The molecule has 1 aliphatic heterocycles. The second-order valence-corrected chi connectivity index (χ2v) is 7.92. The van der Waals surface area contributed by atoms with Crippen molar-refractivity contribution in [1.29, 1.82) is 0 Å². The molecule has 4 rings (SSSR count). The van der Waals surface area contributed by atoms with Crippen molar-refractivity contribution in [2.75, 3.05) is 24.5 Å². The Hall–Kier alpha value is -2.47. The number of pyridine rings is 1. The highest BCUT2D eigenvalue weighted by Crippen LogP contribution is 2.30. The summed E-state index contributed by atoms with van der Waals surface area (Å²) in [4.78, 5) is 24.7. The maximum absolute atomic E-state index is 12.4. The van der Waals surface area contributed by atoms with Crippen LogP contribution in [0.2, 0.25) is 0 Å². The minimum absolute atomic E-state index is 0.116. The Labute approximate surface area is 163 Å². The Kier molecular flexibility index (Phi) is 5.63. The molecule has 1 aliphatic rings. The largest absolute Gasteiger partial charge is 0.356 e. The Morgan fingerprint density at radius 1 is 1.15 bits per heavy atom. The van der Waals surface area contributed by atoms with Gasteiger partial charge in [-0.2, -0.15) is 0 Å². The smallest absolute Gasteiger partial charge is 0.223 e. The fourth-order valence-electron chi connectivity index (χ4n) is 3.52. The molecule has 3 aromatic rings. The summed E-state index contributed by atoms with van der Waals surface area (Å²) in [6.45, 7) is 2.50. The van der Waals surface area contributed by atoms with Crippen molar-refractivity contribution < 1.29 is 4.79 Å². The van der Waals surface area contributed by atoms with Crippen LogP contribution in [0.3, 0.4) is 0 Å². The SMILES string of the molecule is O=C(NCCCc1ccccc1)C1CCN(c2nc3cccnc3s2)CC1. The summed E-state index contributed by atoms with van der Waals surface area (Å²) in [7, 11) is 0. The standard InChI is InChI=1S/C21H24N4OS/c26-19(22-12-4-8-16-6-2-1-3-7-16)17-10-14-25(15-11-17)21-24-18-9-5-13-23-20(18)27-21/h1-3,5-7,9,13,17H,4,8,10-12,14-15H2,(H,22,26). The molecule has 1 saturated heterocycles. The fourth-order valence-corrected chi connectivity index (χ4v) is 4.48. The van der Waals surface area contributed by atoms with Gasteiger partial charge in [0.15, 0.2) is 5.13 Å². The lowest BCUT2D eigenvalue weighted by atomic mass is 9.96. The molecule has 1 fully saturated rings. The molecule has 140 valence electrons. The van der Waals surface area contributed by atoms with Crippen LogP contribution in [-0.4, -0.2) is 35.5 Å². The quantitative estimate of drug-likeness (QED) is 0.663. The monoisotopic (exact) mass is 380 g/mol. The van der Waals surface area contributed by atoms with Crippen molar-refractivity contribution in [2.24, 2.45) is 5.92 Å². The zero-order valence-electron chi connectivity index (χ0n) is 15.3. The molecule has 6 heteroatoms. The lowest BCUT2D eigenvalue weighted by molar-refractivity contribution is -0.125. The van der Waals surface area contributed by atoms with E-state index >= 15 is 0 Å². The maximum atomic E-state index is 12.4. The second-order valence-electron chi connectivity index (χ2n) is 6.97. The van der Waals surface area contributed by atoms with E-state index in [0.29, 0.717) is 0 Å². The molecule has 0 spiro atoms. The van der Waals surface area contributed by atoms with Gasteiger partial charge in [0.25, 0.3) is 0 Å². The molecule has 27 heavy (non-hydrogen) atoms. The van der Waals surface area contributed by atoms with Crippen LogP contribution in [0.1, 0.15) is 24.8 Å². The molecule has 1 amide bonds. The fraction of sp³-hybridized carbons (Fsp3) is 0.381. The van der Waals surface area contributed by atoms with Crippen molar-refractivity contribution >= 4 is 32.7 Å². The van der Waals surface area contributed by atoms with Crippen LogP contribution in [0.5, 0.6) is 0 Å². The second kappa shape index (κ2) is 8.48. The molecule has 0 bridgehead atoms. The van der Waals surface area contributed by atoms with Crippen molar-refractivity contribution in [3.05, 3.63) is 54.2 Å². The number of carbonyl (C=O) groups excluding carboxylic acids is 1. The average Bonchev–Trinajstić information content (AvgIpc) is 3.16. The van der Waals surface area contributed by atoms with Crippen LogP contribution in [0.25, 0.3) is 10.3 Å². The number of aryl methyl sites for hydroxylation is 1. The highest BCUT2D eigenvalue weighted by atomic mass is 32.1. The summed E-state index contributed by atoms with van der Waals surface area (Å²) in [6.07, 6.45) is 5.55. The number of nitrogens with one attached hydrogen (secondary N) is 1. The zero-order valence-corrected chi connectivity index (χ0v) is 16.1. The first-order valence-electron chi connectivity index (χ1n) is 9.58. The third kappa shape index (κ3) is 4.45. The number of amides is 1. The number of nitrogens with zero attached hydrogens (tertiary/aromatic N) is 3. The number of rotatable bonds is 6. The van der Waals surface area contributed by atoms with Gasteiger partial charge in [-0.3, -0.25) is 4.79 Å². The minimum atomic E-state index is 0.116. The number of hydrogen-bond donors (Lipinski definition) is 1. The van der Waals surface area contributed by atoms with Crippen molar-refractivity contribution in [3.63, 3.8) is 0 Å². The Balaban J connectivity index is 1.22. The third-order valence-electron chi connectivity index (χ3n) is 5.08. The molecule has 0 radical (unpaired) electrons. The topological polar surface area (TPSA) is 58.1 Å². The highest BCUT2D eigenvalue weighted by Gasteiger charge is 2.26. The first-order chi connectivity index (χ1) is 13.3. The van der Waals surface area contributed by atoms with Crippen molar-refractivity contribution in [1.82, 2.24) is 15.3 Å². The van der Waals surface area contributed by atoms with Crippen LogP contribution in [0.4, 0.5) is 5.13 Å². The van der Waals surface area contributed by atoms with E-state index in [-0.39, 0.29) is 11.8 Å². The molecule has 0 aliphatic carbocycles. The number of piperidine rings is 1. The number of carbonyl (C=O) groups is 1. The first kappa shape index (κ1) is 17.9. The molecule has 0 atom stereocenters. The van der Waals surface area contributed by atoms with Gasteiger partial charge in [0.05, 0.1) is 0 Å². The van der Waals surface area contributed by atoms with E-state index in [2.05, 4.69) is 44.5 Å². The number of fused-ring (bicyclic) bond motifs is 1. The summed E-state index contributed by atoms with van der Waals surface area (Å²) >= 11 is 1.63. The molecule has 1 aromatic carbocycles. The lowest BCUT2D eigenvalue weighted by Gasteiger charge is -2.31. The summed E-state index contributed by atoms with van der Waals surface area (Å²) in [5.74, 6) is 0.319. The molecule has 3 heterocycles. The summed E-state index contributed by atoms with van der Waals surface area (Å²) in [5.41, 5.74) is 2.28. The van der Waals surface area contributed by atoms with E-state index in [9.17, 15) is 4.79 Å². The zero-order chi connectivity index (χ0) is 18.5. The van der Waals surface area contributed by atoms with E-state index in [0.717, 1.165) is 60.8 Å². The van der Waals surface area contributed by atoms with Crippen LogP contribution in [0.15, 0.2) is 48.7 Å². The van der Waals surface area contributed by atoms with Gasteiger partial charge >= 0.3 is 0 Å². The summed E-state index contributed by atoms with van der Waals surface area (Å²) in [6, 6.07) is 14.3. The minimum Gasteiger partial charge on any atom is -0.356 e. The van der Waals surface area contributed by atoms with Crippen LogP contribution >= 0.6 is 11.3 Å². The average molecular weight is 381 g/mol. The number of thiazole rings is 1. The molecule has 2 aromatic heterocycles. The van der Waals surface area contributed by atoms with E-state index in [4.69, 9.17) is 0 Å². The van der Waals surface area contributed by atoms with E-state index in [1.54, 1.807) is 17.5 Å². The number of anilines is 1. The Bertz CT molecular complexity index is 854. The molecule has 0 saturated carbocycles. The van der Waals surface area contributed by atoms with E-state index < -0.39 is 0 Å². The molecule has 0 unspecified atom stereocenters. The number of benzene rings is 1. The Morgan fingerprint density at radius 3 is 2.74 bits per heavy atom. The lowest BCUT2D eigenvalue weighted by Crippen LogP contribution is -2.40. The van der Waals surface area contributed by atoms with Gasteiger partial charge in [0, 0.05) is 31.7 Å². The first-order valence-corrected chi connectivity index (χ1v) is 10.4. The highest BCUT2D eigenvalue weighted by molar-refractivity contribution is 7.21. The van der Waals surface area contributed by atoms with Crippen LogP contribution in [0, 0.1) is 5.92 Å². The van der Waals surface area contributed by atoms with Crippen molar-refractivity contribution in [3.8, 4) is 0 Å².